The smallest absolute Gasteiger partial charge is 0.272 e. The number of amides is 1. The number of fused-ring (bicyclic) bond motifs is 1. The van der Waals surface area contributed by atoms with Crippen LogP contribution < -0.4 is 5.32 Å². The molecule has 1 aromatic carbocycles. The molecule has 0 bridgehead atoms. The van der Waals surface area contributed by atoms with E-state index in [0.717, 1.165) is 11.0 Å². The SMILES string of the molecule is CC(=O)c1c[nH]c(C(=O)Nc2ccc3nc[nH]c3c2)c1. The fourth-order valence-electron chi connectivity index (χ4n) is 1.94. The van der Waals surface area contributed by atoms with E-state index in [1.54, 1.807) is 18.5 Å². The quantitative estimate of drug-likeness (QED) is 0.637. The maximum absolute atomic E-state index is 12.0. The van der Waals surface area contributed by atoms with Gasteiger partial charge in [0, 0.05) is 17.4 Å². The van der Waals surface area contributed by atoms with Gasteiger partial charge in [0.2, 0.25) is 0 Å². The lowest BCUT2D eigenvalue weighted by molar-refractivity contribution is 0.101. The molecule has 0 aliphatic rings. The molecule has 0 atom stereocenters. The molecule has 6 nitrogen and oxygen atoms in total. The molecule has 2 aromatic heterocycles. The van der Waals surface area contributed by atoms with Gasteiger partial charge in [-0.1, -0.05) is 0 Å². The average molecular weight is 268 g/mol. The molecule has 2 heterocycles. The van der Waals surface area contributed by atoms with Crippen LogP contribution in [0.1, 0.15) is 27.8 Å². The summed E-state index contributed by atoms with van der Waals surface area (Å²) in [6.45, 7) is 1.46. The predicted octanol–water partition coefficient (Wildman–Crippen LogP) is 2.35. The largest absolute Gasteiger partial charge is 0.356 e. The molecule has 0 aliphatic heterocycles. The number of rotatable bonds is 3. The van der Waals surface area contributed by atoms with Crippen LogP contribution in [0, 0.1) is 0 Å². The zero-order valence-corrected chi connectivity index (χ0v) is 10.7. The number of anilines is 1. The first-order valence-electron chi connectivity index (χ1n) is 6.07. The second-order valence-corrected chi connectivity index (χ2v) is 4.45. The van der Waals surface area contributed by atoms with Crippen molar-refractivity contribution in [1.82, 2.24) is 15.0 Å². The van der Waals surface area contributed by atoms with Gasteiger partial charge in [0.25, 0.3) is 5.91 Å². The summed E-state index contributed by atoms with van der Waals surface area (Å²) in [5.41, 5.74) is 3.17. The van der Waals surface area contributed by atoms with Crippen LogP contribution in [-0.2, 0) is 0 Å². The highest BCUT2D eigenvalue weighted by Gasteiger charge is 2.11. The Hall–Kier alpha value is -2.89. The van der Waals surface area contributed by atoms with Crippen molar-refractivity contribution in [2.24, 2.45) is 0 Å². The van der Waals surface area contributed by atoms with Crippen LogP contribution >= 0.6 is 0 Å². The van der Waals surface area contributed by atoms with E-state index >= 15 is 0 Å². The minimum absolute atomic E-state index is 0.0841. The summed E-state index contributed by atoms with van der Waals surface area (Å²) in [5, 5.41) is 2.76. The highest BCUT2D eigenvalue weighted by Crippen LogP contribution is 2.16. The molecule has 0 saturated carbocycles. The van der Waals surface area contributed by atoms with Crippen molar-refractivity contribution in [3.63, 3.8) is 0 Å². The Morgan fingerprint density at radius 2 is 2.05 bits per heavy atom. The van der Waals surface area contributed by atoms with Crippen molar-refractivity contribution in [2.45, 2.75) is 6.92 Å². The molecule has 0 radical (unpaired) electrons. The summed E-state index contributed by atoms with van der Waals surface area (Å²) in [6, 6.07) is 6.93. The first-order valence-corrected chi connectivity index (χ1v) is 6.07. The number of aromatic amines is 2. The van der Waals surface area contributed by atoms with Gasteiger partial charge in [-0.25, -0.2) is 4.98 Å². The van der Waals surface area contributed by atoms with Gasteiger partial charge < -0.3 is 15.3 Å². The number of H-pyrrole nitrogens is 2. The van der Waals surface area contributed by atoms with E-state index in [2.05, 4.69) is 20.3 Å². The number of nitrogens with zero attached hydrogens (tertiary/aromatic N) is 1. The molecule has 1 amide bonds. The van der Waals surface area contributed by atoms with Crippen LogP contribution in [0.4, 0.5) is 5.69 Å². The molecule has 100 valence electrons. The number of Topliss-reactive ketones (excluding diaryl/α,β-unsaturated/α-hetero) is 1. The molecule has 3 rings (SSSR count). The van der Waals surface area contributed by atoms with Gasteiger partial charge in [-0.2, -0.15) is 0 Å². The Morgan fingerprint density at radius 3 is 2.80 bits per heavy atom. The summed E-state index contributed by atoms with van der Waals surface area (Å²) in [4.78, 5) is 33.1. The molecule has 6 heteroatoms. The summed E-state index contributed by atoms with van der Waals surface area (Å²) in [5.74, 6) is -0.379. The van der Waals surface area contributed by atoms with E-state index in [-0.39, 0.29) is 11.7 Å². The van der Waals surface area contributed by atoms with Crippen molar-refractivity contribution in [2.75, 3.05) is 5.32 Å². The fraction of sp³-hybridized carbons (Fsp3) is 0.0714. The van der Waals surface area contributed by atoms with E-state index in [0.29, 0.717) is 16.9 Å². The lowest BCUT2D eigenvalue weighted by atomic mass is 10.2. The Kier molecular flexibility index (Phi) is 2.83. The van der Waals surface area contributed by atoms with Gasteiger partial charge in [-0.05, 0) is 31.2 Å². The number of nitrogens with one attached hydrogen (secondary N) is 3. The summed E-state index contributed by atoms with van der Waals surface area (Å²) in [6.07, 6.45) is 3.12. The van der Waals surface area contributed by atoms with E-state index in [1.807, 2.05) is 6.07 Å². The number of carbonyl (C=O) groups is 2. The number of ketones is 1. The topological polar surface area (TPSA) is 90.6 Å². The monoisotopic (exact) mass is 268 g/mol. The molecule has 0 saturated heterocycles. The lowest BCUT2D eigenvalue weighted by Gasteiger charge is -2.03. The van der Waals surface area contributed by atoms with Crippen LogP contribution in [0.5, 0.6) is 0 Å². The summed E-state index contributed by atoms with van der Waals surface area (Å²) >= 11 is 0. The molecular formula is C14H12N4O2. The average Bonchev–Trinajstić information content (AvgIpc) is 3.07. The summed E-state index contributed by atoms with van der Waals surface area (Å²) < 4.78 is 0. The van der Waals surface area contributed by atoms with E-state index in [4.69, 9.17) is 0 Å². The normalized spacial score (nSPS) is 10.7. The van der Waals surface area contributed by atoms with Crippen molar-refractivity contribution < 1.29 is 9.59 Å². The van der Waals surface area contributed by atoms with Gasteiger partial charge in [0.05, 0.1) is 17.4 Å². The Morgan fingerprint density at radius 1 is 1.20 bits per heavy atom. The first kappa shape index (κ1) is 12.2. The predicted molar refractivity (Wildman–Crippen MR) is 74.8 cm³/mol. The van der Waals surface area contributed by atoms with Gasteiger partial charge >= 0.3 is 0 Å². The van der Waals surface area contributed by atoms with Crippen molar-refractivity contribution in [3.05, 3.63) is 48.0 Å². The van der Waals surface area contributed by atoms with Crippen LogP contribution in [0.3, 0.4) is 0 Å². The number of hydrogen-bond donors (Lipinski definition) is 3. The first-order chi connectivity index (χ1) is 9.63. The number of carbonyl (C=O) groups excluding carboxylic acids is 2. The standard InChI is InChI=1S/C14H12N4O2/c1-8(19)9-4-13(15-6-9)14(20)18-10-2-3-11-12(5-10)17-7-16-11/h2-7,15H,1H3,(H,16,17)(H,18,20). The Bertz CT molecular complexity index is 800. The van der Waals surface area contributed by atoms with E-state index in [1.165, 1.54) is 19.2 Å². The molecule has 0 spiro atoms. The van der Waals surface area contributed by atoms with Crippen LogP contribution in [0.2, 0.25) is 0 Å². The van der Waals surface area contributed by atoms with E-state index in [9.17, 15) is 9.59 Å². The highest BCUT2D eigenvalue weighted by atomic mass is 16.2. The van der Waals surface area contributed by atoms with Crippen molar-refractivity contribution in [3.8, 4) is 0 Å². The third-order valence-electron chi connectivity index (χ3n) is 3.01. The second-order valence-electron chi connectivity index (χ2n) is 4.45. The van der Waals surface area contributed by atoms with Crippen molar-refractivity contribution in [1.29, 1.82) is 0 Å². The fourth-order valence-corrected chi connectivity index (χ4v) is 1.94. The van der Waals surface area contributed by atoms with Crippen LogP contribution in [0.25, 0.3) is 11.0 Å². The molecule has 20 heavy (non-hydrogen) atoms. The molecular weight excluding hydrogens is 256 g/mol. The molecule has 0 fully saturated rings. The van der Waals surface area contributed by atoms with Gasteiger partial charge in [-0.3, -0.25) is 9.59 Å². The lowest BCUT2D eigenvalue weighted by Crippen LogP contribution is -2.12. The number of imidazole rings is 1. The highest BCUT2D eigenvalue weighted by molar-refractivity contribution is 6.05. The third kappa shape index (κ3) is 2.18. The van der Waals surface area contributed by atoms with Crippen molar-refractivity contribution >= 4 is 28.4 Å². The van der Waals surface area contributed by atoms with Crippen LogP contribution in [-0.4, -0.2) is 26.6 Å². The molecule has 3 N–H and O–H groups in total. The third-order valence-corrected chi connectivity index (χ3v) is 3.01. The minimum Gasteiger partial charge on any atom is -0.356 e. The Balaban J connectivity index is 1.82. The molecule has 0 unspecified atom stereocenters. The van der Waals surface area contributed by atoms with Gasteiger partial charge in [-0.15, -0.1) is 0 Å². The maximum Gasteiger partial charge on any atom is 0.272 e. The number of hydrogen-bond acceptors (Lipinski definition) is 3. The van der Waals surface area contributed by atoms with Crippen LogP contribution in [0.15, 0.2) is 36.8 Å². The second kappa shape index (κ2) is 4.65. The number of aromatic nitrogens is 3. The Labute approximate surface area is 114 Å². The zero-order valence-electron chi connectivity index (χ0n) is 10.7. The summed E-state index contributed by atoms with van der Waals surface area (Å²) in [7, 11) is 0. The van der Waals surface area contributed by atoms with Gasteiger partial charge in [0.1, 0.15) is 5.69 Å². The molecule has 3 aromatic rings. The zero-order chi connectivity index (χ0) is 14.1. The molecule has 0 aliphatic carbocycles. The van der Waals surface area contributed by atoms with Gasteiger partial charge in [0.15, 0.2) is 5.78 Å². The van der Waals surface area contributed by atoms with E-state index < -0.39 is 0 Å². The number of benzene rings is 1. The maximum atomic E-state index is 12.0. The minimum atomic E-state index is -0.295.